The van der Waals surface area contributed by atoms with E-state index in [1.165, 1.54) is 12.1 Å². The van der Waals surface area contributed by atoms with Crippen molar-refractivity contribution in [2.75, 3.05) is 26.7 Å². The lowest BCUT2D eigenvalue weighted by Gasteiger charge is -2.36. The van der Waals surface area contributed by atoms with Crippen molar-refractivity contribution in [2.45, 2.75) is 30.8 Å². The molecule has 1 N–H and O–H groups in total. The number of nitrogens with one attached hydrogen (secondary N) is 1. The minimum Gasteiger partial charge on any atom is -0.379 e. The molecule has 24 heavy (non-hydrogen) atoms. The molecule has 0 spiro atoms. The molecule has 8 heteroatoms. The number of carbonyl (C=O) groups is 1. The van der Waals surface area contributed by atoms with E-state index in [2.05, 4.69) is 11.6 Å². The third-order valence-corrected chi connectivity index (χ3v) is 5.78. The van der Waals surface area contributed by atoms with Crippen molar-refractivity contribution in [1.29, 1.82) is 0 Å². The molecule has 2 rings (SSSR count). The van der Waals surface area contributed by atoms with Gasteiger partial charge in [0.15, 0.2) is 0 Å². The van der Waals surface area contributed by atoms with E-state index in [1.54, 1.807) is 12.0 Å². The zero-order chi connectivity index (χ0) is 17.7. The van der Waals surface area contributed by atoms with Gasteiger partial charge in [-0.15, -0.1) is 0 Å². The summed E-state index contributed by atoms with van der Waals surface area (Å²) in [5.74, 6) is -0.210. The summed E-state index contributed by atoms with van der Waals surface area (Å²) in [6, 6.07) is 4.54. The first-order valence-electron chi connectivity index (χ1n) is 7.89. The number of hydrogen-bond donors (Lipinski definition) is 1. The van der Waals surface area contributed by atoms with E-state index >= 15 is 0 Å². The number of nitrogens with zero attached hydrogens (tertiary/aromatic N) is 1. The standard InChI is InChI=1S/C16H23FN2O4S/c1-12-8-10-19(11-15(12)23-2)16(20)7-9-18-24(21,22)14-5-3-13(17)4-6-14/h3-6,12,15,18H,7-11H2,1-2H3. The molecule has 1 aliphatic heterocycles. The molecular formula is C16H23FN2O4S. The number of amides is 1. The van der Waals surface area contributed by atoms with Crippen LogP contribution in [0.3, 0.4) is 0 Å². The molecule has 1 amide bonds. The summed E-state index contributed by atoms with van der Waals surface area (Å²) < 4.78 is 44.7. The fourth-order valence-corrected chi connectivity index (χ4v) is 3.75. The molecule has 134 valence electrons. The zero-order valence-corrected chi connectivity index (χ0v) is 14.7. The van der Waals surface area contributed by atoms with Gasteiger partial charge in [0, 0.05) is 33.2 Å². The van der Waals surface area contributed by atoms with E-state index in [0.29, 0.717) is 19.0 Å². The number of methoxy groups -OCH3 is 1. The quantitative estimate of drug-likeness (QED) is 0.834. The fraction of sp³-hybridized carbons (Fsp3) is 0.562. The van der Waals surface area contributed by atoms with Crippen molar-refractivity contribution in [1.82, 2.24) is 9.62 Å². The van der Waals surface area contributed by atoms with Crippen LogP contribution in [0.4, 0.5) is 4.39 Å². The monoisotopic (exact) mass is 358 g/mol. The molecule has 0 aromatic heterocycles. The Morgan fingerprint density at radius 2 is 2.04 bits per heavy atom. The first-order chi connectivity index (χ1) is 11.3. The van der Waals surface area contributed by atoms with Crippen molar-refractivity contribution in [3.05, 3.63) is 30.1 Å². The van der Waals surface area contributed by atoms with Gasteiger partial charge in [-0.05, 0) is 36.6 Å². The predicted molar refractivity (Wildman–Crippen MR) is 87.4 cm³/mol. The normalized spacial score (nSPS) is 21.7. The highest BCUT2D eigenvalue weighted by Crippen LogP contribution is 2.20. The molecule has 1 aromatic carbocycles. The van der Waals surface area contributed by atoms with E-state index in [4.69, 9.17) is 4.74 Å². The highest BCUT2D eigenvalue weighted by Gasteiger charge is 2.28. The first-order valence-corrected chi connectivity index (χ1v) is 9.37. The Kier molecular flexibility index (Phi) is 6.31. The summed E-state index contributed by atoms with van der Waals surface area (Å²) in [5.41, 5.74) is 0. The fourth-order valence-electron chi connectivity index (χ4n) is 2.71. The summed E-state index contributed by atoms with van der Waals surface area (Å²) >= 11 is 0. The Balaban J connectivity index is 1.85. The molecule has 1 saturated heterocycles. The lowest BCUT2D eigenvalue weighted by molar-refractivity contribution is -0.136. The van der Waals surface area contributed by atoms with E-state index in [0.717, 1.165) is 18.6 Å². The van der Waals surface area contributed by atoms with Gasteiger partial charge in [-0.1, -0.05) is 6.92 Å². The van der Waals surface area contributed by atoms with E-state index in [9.17, 15) is 17.6 Å². The number of ether oxygens (including phenoxy) is 1. The number of carbonyl (C=O) groups excluding carboxylic acids is 1. The first kappa shape index (κ1) is 18.8. The second-order valence-electron chi connectivity index (χ2n) is 5.98. The Hall–Kier alpha value is -1.51. The number of rotatable bonds is 6. The Bertz CT molecular complexity index is 663. The maximum Gasteiger partial charge on any atom is 0.240 e. The molecule has 0 aliphatic carbocycles. The third-order valence-electron chi connectivity index (χ3n) is 4.30. The van der Waals surface area contributed by atoms with Crippen LogP contribution in [-0.2, 0) is 19.6 Å². The van der Waals surface area contributed by atoms with Crippen molar-refractivity contribution < 1.29 is 22.3 Å². The van der Waals surface area contributed by atoms with Gasteiger partial charge in [0.1, 0.15) is 5.82 Å². The Morgan fingerprint density at radius 3 is 2.67 bits per heavy atom. The largest absolute Gasteiger partial charge is 0.379 e. The van der Waals surface area contributed by atoms with Crippen molar-refractivity contribution in [3.8, 4) is 0 Å². The molecule has 0 saturated carbocycles. The number of likely N-dealkylation sites (tertiary alicyclic amines) is 1. The summed E-state index contributed by atoms with van der Waals surface area (Å²) in [7, 11) is -2.11. The summed E-state index contributed by atoms with van der Waals surface area (Å²) in [5, 5.41) is 0. The van der Waals surface area contributed by atoms with Gasteiger partial charge in [0.25, 0.3) is 0 Å². The maximum atomic E-state index is 12.9. The maximum absolute atomic E-state index is 12.9. The lowest BCUT2D eigenvalue weighted by Crippen LogP contribution is -2.47. The predicted octanol–water partition coefficient (Wildman–Crippen LogP) is 1.38. The second kappa shape index (κ2) is 8.04. The summed E-state index contributed by atoms with van der Waals surface area (Å²) in [6.45, 7) is 3.28. The highest BCUT2D eigenvalue weighted by molar-refractivity contribution is 7.89. The molecule has 0 bridgehead atoms. The number of halogens is 1. The van der Waals surface area contributed by atoms with Crippen LogP contribution in [0.2, 0.25) is 0 Å². The van der Waals surface area contributed by atoms with Crippen molar-refractivity contribution >= 4 is 15.9 Å². The molecule has 6 nitrogen and oxygen atoms in total. The van der Waals surface area contributed by atoms with E-state index < -0.39 is 15.8 Å². The lowest BCUT2D eigenvalue weighted by atomic mass is 9.95. The Morgan fingerprint density at radius 1 is 1.38 bits per heavy atom. The van der Waals surface area contributed by atoms with Gasteiger partial charge in [0.05, 0.1) is 11.0 Å². The average molecular weight is 358 g/mol. The van der Waals surface area contributed by atoms with Crippen LogP contribution < -0.4 is 4.72 Å². The molecule has 2 unspecified atom stereocenters. The number of benzene rings is 1. The third kappa shape index (κ3) is 4.75. The van der Waals surface area contributed by atoms with Gasteiger partial charge in [-0.2, -0.15) is 0 Å². The molecule has 1 heterocycles. The Labute approximate surface area is 142 Å². The molecule has 1 fully saturated rings. The second-order valence-corrected chi connectivity index (χ2v) is 7.75. The van der Waals surface area contributed by atoms with Crippen LogP contribution in [0.5, 0.6) is 0 Å². The molecule has 1 aliphatic rings. The van der Waals surface area contributed by atoms with Crippen LogP contribution in [0, 0.1) is 11.7 Å². The SMILES string of the molecule is COC1CN(C(=O)CCNS(=O)(=O)c2ccc(F)cc2)CCC1C. The van der Waals surface area contributed by atoms with Gasteiger partial charge in [0.2, 0.25) is 15.9 Å². The molecule has 0 radical (unpaired) electrons. The number of sulfonamides is 1. The minimum absolute atomic E-state index is 0.00223. The topological polar surface area (TPSA) is 75.7 Å². The number of piperidine rings is 1. The molecular weight excluding hydrogens is 335 g/mol. The van der Waals surface area contributed by atoms with Crippen LogP contribution in [0.25, 0.3) is 0 Å². The van der Waals surface area contributed by atoms with Gasteiger partial charge in [-0.3, -0.25) is 4.79 Å². The summed E-state index contributed by atoms with van der Waals surface area (Å²) in [4.78, 5) is 13.9. The van der Waals surface area contributed by atoms with E-state index in [1.807, 2.05) is 0 Å². The van der Waals surface area contributed by atoms with Crippen LogP contribution in [0.15, 0.2) is 29.2 Å². The van der Waals surface area contributed by atoms with Crippen LogP contribution >= 0.6 is 0 Å². The summed E-state index contributed by atoms with van der Waals surface area (Å²) in [6.07, 6.45) is 0.954. The molecule has 1 aromatic rings. The van der Waals surface area contributed by atoms with Gasteiger partial charge < -0.3 is 9.64 Å². The van der Waals surface area contributed by atoms with Crippen molar-refractivity contribution in [3.63, 3.8) is 0 Å². The van der Waals surface area contributed by atoms with Crippen LogP contribution in [0.1, 0.15) is 19.8 Å². The van der Waals surface area contributed by atoms with E-state index in [-0.39, 0.29) is 29.9 Å². The zero-order valence-electron chi connectivity index (χ0n) is 13.9. The van der Waals surface area contributed by atoms with Crippen molar-refractivity contribution in [2.24, 2.45) is 5.92 Å². The van der Waals surface area contributed by atoms with Gasteiger partial charge >= 0.3 is 0 Å². The smallest absolute Gasteiger partial charge is 0.240 e. The minimum atomic E-state index is -3.74. The average Bonchev–Trinajstić information content (AvgIpc) is 2.55. The highest BCUT2D eigenvalue weighted by atomic mass is 32.2. The molecule has 2 atom stereocenters. The van der Waals surface area contributed by atoms with Crippen LogP contribution in [-0.4, -0.2) is 52.1 Å². The number of hydrogen-bond acceptors (Lipinski definition) is 4. The van der Waals surface area contributed by atoms with Gasteiger partial charge in [-0.25, -0.2) is 17.5 Å².